The summed E-state index contributed by atoms with van der Waals surface area (Å²) < 4.78 is 0. The maximum absolute atomic E-state index is 6.00. The lowest BCUT2D eigenvalue weighted by Crippen LogP contribution is -2.55. The van der Waals surface area contributed by atoms with Crippen molar-refractivity contribution in [1.29, 1.82) is 0 Å². The number of nitrogens with two attached hydrogens (primary N) is 1. The quantitative estimate of drug-likeness (QED) is 0.644. The van der Waals surface area contributed by atoms with Crippen LogP contribution >= 0.6 is 0 Å². The third-order valence-corrected chi connectivity index (χ3v) is 4.48. The van der Waals surface area contributed by atoms with Crippen molar-refractivity contribution in [1.82, 2.24) is 4.90 Å². The third kappa shape index (κ3) is 3.46. The molecule has 0 aromatic rings. The SMILES string of the molecule is CCCCCCC(C)(CN)N(C)C1CCC1. The molecule has 0 spiro atoms. The maximum Gasteiger partial charge on any atom is 0.0303 e. The van der Waals surface area contributed by atoms with E-state index in [9.17, 15) is 0 Å². The van der Waals surface area contributed by atoms with Crippen LogP contribution in [-0.4, -0.2) is 30.1 Å². The van der Waals surface area contributed by atoms with Gasteiger partial charge in [0, 0.05) is 18.1 Å². The van der Waals surface area contributed by atoms with Crippen molar-refractivity contribution >= 4 is 0 Å². The van der Waals surface area contributed by atoms with E-state index in [2.05, 4.69) is 25.8 Å². The van der Waals surface area contributed by atoms with Crippen molar-refractivity contribution in [3.63, 3.8) is 0 Å². The van der Waals surface area contributed by atoms with Crippen LogP contribution in [0.15, 0.2) is 0 Å². The van der Waals surface area contributed by atoms with Crippen molar-refractivity contribution in [3.05, 3.63) is 0 Å². The molecule has 0 saturated heterocycles. The number of hydrogen-bond donors (Lipinski definition) is 1. The topological polar surface area (TPSA) is 29.3 Å². The van der Waals surface area contributed by atoms with E-state index in [0.29, 0.717) is 0 Å². The van der Waals surface area contributed by atoms with Crippen LogP contribution in [0.2, 0.25) is 0 Å². The third-order valence-electron chi connectivity index (χ3n) is 4.48. The summed E-state index contributed by atoms with van der Waals surface area (Å²) in [4.78, 5) is 2.56. The molecule has 1 aliphatic rings. The maximum atomic E-state index is 6.00. The van der Waals surface area contributed by atoms with Crippen molar-refractivity contribution in [2.45, 2.75) is 76.8 Å². The van der Waals surface area contributed by atoms with Gasteiger partial charge in [0.1, 0.15) is 0 Å². The molecule has 0 radical (unpaired) electrons. The van der Waals surface area contributed by atoms with Crippen molar-refractivity contribution in [2.75, 3.05) is 13.6 Å². The molecule has 1 aliphatic carbocycles. The Kier molecular flexibility index (Phi) is 5.77. The summed E-state index contributed by atoms with van der Waals surface area (Å²) in [7, 11) is 2.27. The molecule has 0 bridgehead atoms. The molecule has 0 amide bonds. The predicted molar refractivity (Wildman–Crippen MR) is 71.6 cm³/mol. The molecule has 1 fully saturated rings. The second-order valence-corrected chi connectivity index (χ2v) is 5.71. The van der Waals surface area contributed by atoms with Gasteiger partial charge in [-0.25, -0.2) is 0 Å². The molecule has 16 heavy (non-hydrogen) atoms. The standard InChI is InChI=1S/C14H30N2/c1-4-5-6-7-11-14(2,12-15)16(3)13-9-8-10-13/h13H,4-12,15H2,1-3H3. The molecular formula is C14H30N2. The van der Waals surface area contributed by atoms with Crippen LogP contribution in [0.3, 0.4) is 0 Å². The van der Waals surface area contributed by atoms with Gasteiger partial charge in [0.15, 0.2) is 0 Å². The number of likely N-dealkylation sites (N-methyl/N-ethyl adjacent to an activating group) is 1. The average molecular weight is 226 g/mol. The van der Waals surface area contributed by atoms with E-state index < -0.39 is 0 Å². The van der Waals surface area contributed by atoms with Gasteiger partial charge < -0.3 is 5.73 Å². The van der Waals surface area contributed by atoms with E-state index >= 15 is 0 Å². The van der Waals surface area contributed by atoms with Crippen LogP contribution < -0.4 is 5.73 Å². The lowest BCUT2D eigenvalue weighted by atomic mass is 9.85. The highest BCUT2D eigenvalue weighted by atomic mass is 15.2. The van der Waals surface area contributed by atoms with E-state index in [0.717, 1.165) is 12.6 Å². The Labute approximate surface area is 102 Å². The van der Waals surface area contributed by atoms with Crippen LogP contribution in [0.1, 0.15) is 65.2 Å². The fraction of sp³-hybridized carbons (Fsp3) is 1.00. The Morgan fingerprint density at radius 3 is 2.38 bits per heavy atom. The first-order chi connectivity index (χ1) is 7.64. The first-order valence-electron chi connectivity index (χ1n) is 7.07. The fourth-order valence-electron chi connectivity index (χ4n) is 2.57. The largest absolute Gasteiger partial charge is 0.329 e. The number of hydrogen-bond acceptors (Lipinski definition) is 2. The van der Waals surface area contributed by atoms with E-state index in [1.54, 1.807) is 0 Å². The van der Waals surface area contributed by atoms with Crippen molar-refractivity contribution in [3.8, 4) is 0 Å². The Morgan fingerprint density at radius 1 is 1.25 bits per heavy atom. The molecule has 1 saturated carbocycles. The van der Waals surface area contributed by atoms with Crippen LogP contribution in [0, 0.1) is 0 Å². The smallest absolute Gasteiger partial charge is 0.0303 e. The van der Waals surface area contributed by atoms with E-state index in [1.165, 1.54) is 51.4 Å². The van der Waals surface area contributed by atoms with Crippen LogP contribution in [0.4, 0.5) is 0 Å². The van der Waals surface area contributed by atoms with Gasteiger partial charge in [-0.3, -0.25) is 4.90 Å². The molecule has 2 nitrogen and oxygen atoms in total. The van der Waals surface area contributed by atoms with Gasteiger partial charge in [0.25, 0.3) is 0 Å². The van der Waals surface area contributed by atoms with Gasteiger partial charge in [-0.2, -0.15) is 0 Å². The fourth-order valence-corrected chi connectivity index (χ4v) is 2.57. The van der Waals surface area contributed by atoms with Gasteiger partial charge in [-0.05, 0) is 33.2 Å². The van der Waals surface area contributed by atoms with Crippen LogP contribution in [-0.2, 0) is 0 Å². The van der Waals surface area contributed by atoms with Crippen molar-refractivity contribution < 1.29 is 0 Å². The highest BCUT2D eigenvalue weighted by Crippen LogP contribution is 2.31. The Morgan fingerprint density at radius 2 is 1.94 bits per heavy atom. The summed E-state index contributed by atoms with van der Waals surface area (Å²) in [5.74, 6) is 0. The molecule has 0 aromatic carbocycles. The minimum Gasteiger partial charge on any atom is -0.329 e. The number of nitrogens with zero attached hydrogens (tertiary/aromatic N) is 1. The monoisotopic (exact) mass is 226 g/mol. The predicted octanol–water partition coefficient (Wildman–Crippen LogP) is 3.16. The van der Waals surface area contributed by atoms with Crippen LogP contribution in [0.5, 0.6) is 0 Å². The molecule has 1 rings (SSSR count). The summed E-state index contributed by atoms with van der Waals surface area (Å²) in [5, 5.41) is 0. The number of unbranched alkanes of at least 4 members (excludes halogenated alkanes) is 3. The molecular weight excluding hydrogens is 196 g/mol. The first kappa shape index (κ1) is 14.0. The average Bonchev–Trinajstić information content (AvgIpc) is 2.21. The minimum atomic E-state index is 0.235. The highest BCUT2D eigenvalue weighted by molar-refractivity contribution is 4.92. The second-order valence-electron chi connectivity index (χ2n) is 5.71. The van der Waals surface area contributed by atoms with Gasteiger partial charge in [-0.15, -0.1) is 0 Å². The summed E-state index contributed by atoms with van der Waals surface area (Å²) in [6, 6.07) is 0.805. The van der Waals surface area contributed by atoms with E-state index in [4.69, 9.17) is 5.73 Å². The highest BCUT2D eigenvalue weighted by Gasteiger charge is 2.34. The molecule has 1 unspecified atom stereocenters. The Bertz CT molecular complexity index is 189. The lowest BCUT2D eigenvalue weighted by Gasteiger charge is -2.46. The molecule has 2 N–H and O–H groups in total. The summed E-state index contributed by atoms with van der Waals surface area (Å²) in [5.41, 5.74) is 6.23. The van der Waals surface area contributed by atoms with Gasteiger partial charge in [0.2, 0.25) is 0 Å². The molecule has 0 aromatic heterocycles. The van der Waals surface area contributed by atoms with Crippen LogP contribution in [0.25, 0.3) is 0 Å². The van der Waals surface area contributed by atoms with Gasteiger partial charge >= 0.3 is 0 Å². The van der Waals surface area contributed by atoms with Crippen molar-refractivity contribution in [2.24, 2.45) is 5.73 Å². The zero-order valence-electron chi connectivity index (χ0n) is 11.5. The molecule has 1 atom stereocenters. The normalized spacial score (nSPS) is 20.8. The number of rotatable bonds is 8. The van der Waals surface area contributed by atoms with Gasteiger partial charge in [-0.1, -0.05) is 39.0 Å². The summed E-state index contributed by atoms with van der Waals surface area (Å²) >= 11 is 0. The lowest BCUT2D eigenvalue weighted by molar-refractivity contribution is 0.0424. The summed E-state index contributed by atoms with van der Waals surface area (Å²) in [6.07, 6.45) is 10.8. The Hall–Kier alpha value is -0.0800. The van der Waals surface area contributed by atoms with E-state index in [-0.39, 0.29) is 5.54 Å². The van der Waals surface area contributed by atoms with Gasteiger partial charge in [0.05, 0.1) is 0 Å². The Balaban J connectivity index is 2.35. The molecule has 96 valence electrons. The minimum absolute atomic E-state index is 0.235. The first-order valence-corrected chi connectivity index (χ1v) is 7.07. The zero-order valence-corrected chi connectivity index (χ0v) is 11.5. The summed E-state index contributed by atoms with van der Waals surface area (Å²) in [6.45, 7) is 5.41. The zero-order chi connectivity index (χ0) is 12.0. The molecule has 0 aliphatic heterocycles. The molecule has 2 heteroatoms. The second kappa shape index (κ2) is 6.61. The molecule has 0 heterocycles. The van der Waals surface area contributed by atoms with E-state index in [1.807, 2.05) is 0 Å².